The quantitative estimate of drug-likeness (QED) is 0.782. The van der Waals surface area contributed by atoms with Crippen molar-refractivity contribution in [3.05, 3.63) is 22.8 Å². The van der Waals surface area contributed by atoms with E-state index in [0.29, 0.717) is 17.5 Å². The molecule has 1 N–H and O–H groups in total. The van der Waals surface area contributed by atoms with Crippen LogP contribution in [0.4, 0.5) is 0 Å². The molecule has 0 aromatic carbocycles. The summed E-state index contributed by atoms with van der Waals surface area (Å²) in [6, 6.07) is 3.60. The number of halogens is 1. The molecule has 0 saturated carbocycles. The number of aliphatic hydroxyl groups excluding tert-OH is 1. The van der Waals surface area contributed by atoms with Gasteiger partial charge in [0.25, 0.3) is 0 Å². The van der Waals surface area contributed by atoms with Gasteiger partial charge < -0.3 is 9.84 Å². The zero-order chi connectivity index (χ0) is 10.6. The minimum absolute atomic E-state index is 0.310. The third-order valence-corrected chi connectivity index (χ3v) is 2.14. The van der Waals surface area contributed by atoms with E-state index in [0.717, 1.165) is 12.0 Å². The van der Waals surface area contributed by atoms with Crippen molar-refractivity contribution in [1.29, 1.82) is 0 Å². The van der Waals surface area contributed by atoms with Gasteiger partial charge in [-0.15, -0.1) is 0 Å². The van der Waals surface area contributed by atoms with Crippen molar-refractivity contribution in [3.63, 3.8) is 0 Å². The van der Waals surface area contributed by atoms with Crippen LogP contribution in [-0.4, -0.2) is 23.3 Å². The van der Waals surface area contributed by atoms with Gasteiger partial charge in [0.2, 0.25) is 5.88 Å². The summed E-state index contributed by atoms with van der Waals surface area (Å²) >= 11 is 5.72. The number of methoxy groups -OCH3 is 1. The molecular formula is C10H14ClNO2. The molecule has 0 spiro atoms. The Morgan fingerprint density at radius 2 is 2.29 bits per heavy atom. The number of nitrogens with zero attached hydrogens (tertiary/aromatic N) is 1. The Morgan fingerprint density at radius 3 is 2.86 bits per heavy atom. The predicted octanol–water partition coefficient (Wildman–Crippen LogP) is 2.06. The van der Waals surface area contributed by atoms with Crippen LogP contribution in [0.2, 0.25) is 5.15 Å². The van der Waals surface area contributed by atoms with E-state index in [-0.39, 0.29) is 6.10 Å². The van der Waals surface area contributed by atoms with E-state index in [1.807, 2.05) is 6.07 Å². The number of aliphatic hydroxyl groups is 1. The van der Waals surface area contributed by atoms with Gasteiger partial charge in [-0.05, 0) is 25.8 Å². The lowest BCUT2D eigenvalue weighted by atomic mass is 10.1. The van der Waals surface area contributed by atoms with Gasteiger partial charge in [0.1, 0.15) is 5.15 Å². The fourth-order valence-corrected chi connectivity index (χ4v) is 1.32. The highest BCUT2D eigenvalue weighted by atomic mass is 35.5. The highest BCUT2D eigenvalue weighted by molar-refractivity contribution is 6.29. The van der Waals surface area contributed by atoms with Gasteiger partial charge in [-0.3, -0.25) is 0 Å². The summed E-state index contributed by atoms with van der Waals surface area (Å²) in [5, 5.41) is 9.56. The Labute approximate surface area is 88.7 Å². The van der Waals surface area contributed by atoms with Gasteiger partial charge in [-0.25, -0.2) is 4.98 Å². The number of pyridine rings is 1. The molecule has 0 unspecified atom stereocenters. The Bertz CT molecular complexity index is 302. The molecule has 0 saturated heterocycles. The highest BCUT2D eigenvalue weighted by Crippen LogP contribution is 2.20. The average molecular weight is 216 g/mol. The normalized spacial score (nSPS) is 12.6. The zero-order valence-corrected chi connectivity index (χ0v) is 9.08. The highest BCUT2D eigenvalue weighted by Gasteiger charge is 2.06. The average Bonchev–Trinajstić information content (AvgIpc) is 2.15. The minimum Gasteiger partial charge on any atom is -0.481 e. The van der Waals surface area contributed by atoms with Gasteiger partial charge in [0.05, 0.1) is 13.2 Å². The van der Waals surface area contributed by atoms with Crippen molar-refractivity contribution in [2.75, 3.05) is 7.11 Å². The molecule has 0 radical (unpaired) electrons. The topological polar surface area (TPSA) is 42.4 Å². The second-order valence-electron chi connectivity index (χ2n) is 3.19. The summed E-state index contributed by atoms with van der Waals surface area (Å²) in [5.74, 6) is 0.540. The Balaban J connectivity index is 2.75. The molecule has 78 valence electrons. The second kappa shape index (κ2) is 5.17. The van der Waals surface area contributed by atoms with Gasteiger partial charge in [0, 0.05) is 5.56 Å². The number of hydrogen-bond donors (Lipinski definition) is 1. The first-order chi connectivity index (χ1) is 6.63. The number of hydrogen-bond acceptors (Lipinski definition) is 3. The second-order valence-corrected chi connectivity index (χ2v) is 3.58. The molecule has 1 aromatic rings. The third-order valence-electron chi connectivity index (χ3n) is 1.93. The Hall–Kier alpha value is -0.800. The van der Waals surface area contributed by atoms with Crippen molar-refractivity contribution in [3.8, 4) is 5.88 Å². The summed E-state index contributed by atoms with van der Waals surface area (Å²) in [4.78, 5) is 4.03. The minimum atomic E-state index is -0.310. The van der Waals surface area contributed by atoms with Crippen LogP contribution in [0.15, 0.2) is 12.1 Å². The third kappa shape index (κ3) is 3.16. The first-order valence-electron chi connectivity index (χ1n) is 4.51. The fourth-order valence-electron chi connectivity index (χ4n) is 1.18. The molecule has 0 fully saturated rings. The van der Waals surface area contributed by atoms with E-state index < -0.39 is 0 Å². The molecule has 0 aliphatic rings. The SMILES string of the molecule is COc1nc(Cl)ccc1CC[C@H](C)O. The Kier molecular flexibility index (Phi) is 4.17. The molecule has 0 bridgehead atoms. The maximum absolute atomic E-state index is 9.14. The van der Waals surface area contributed by atoms with E-state index in [1.54, 1.807) is 20.1 Å². The number of rotatable bonds is 4. The summed E-state index contributed by atoms with van der Waals surface area (Å²) in [5.41, 5.74) is 0.970. The van der Waals surface area contributed by atoms with Crippen LogP contribution in [0.3, 0.4) is 0 Å². The summed E-state index contributed by atoms with van der Waals surface area (Å²) in [6.07, 6.45) is 1.13. The van der Waals surface area contributed by atoms with Crippen LogP contribution in [0.1, 0.15) is 18.9 Å². The monoisotopic (exact) mass is 215 g/mol. The molecule has 14 heavy (non-hydrogen) atoms. The standard InChI is InChI=1S/C10H14ClNO2/c1-7(13)3-4-8-5-6-9(11)12-10(8)14-2/h5-7,13H,3-4H2,1-2H3/t7-/m0/s1. The smallest absolute Gasteiger partial charge is 0.217 e. The van der Waals surface area contributed by atoms with Crippen molar-refractivity contribution < 1.29 is 9.84 Å². The lowest BCUT2D eigenvalue weighted by Crippen LogP contribution is -2.03. The van der Waals surface area contributed by atoms with Crippen LogP contribution < -0.4 is 4.74 Å². The molecule has 4 heteroatoms. The Morgan fingerprint density at radius 1 is 1.57 bits per heavy atom. The van der Waals surface area contributed by atoms with E-state index in [4.69, 9.17) is 21.4 Å². The van der Waals surface area contributed by atoms with Crippen molar-refractivity contribution >= 4 is 11.6 Å². The molecule has 0 aliphatic carbocycles. The van der Waals surface area contributed by atoms with Gasteiger partial charge in [-0.2, -0.15) is 0 Å². The fraction of sp³-hybridized carbons (Fsp3) is 0.500. The molecule has 1 rings (SSSR count). The van der Waals surface area contributed by atoms with E-state index in [9.17, 15) is 0 Å². The molecule has 1 atom stereocenters. The molecular weight excluding hydrogens is 202 g/mol. The largest absolute Gasteiger partial charge is 0.481 e. The van der Waals surface area contributed by atoms with E-state index >= 15 is 0 Å². The lowest BCUT2D eigenvalue weighted by Gasteiger charge is -2.08. The predicted molar refractivity (Wildman–Crippen MR) is 55.8 cm³/mol. The van der Waals surface area contributed by atoms with E-state index in [1.165, 1.54) is 0 Å². The van der Waals surface area contributed by atoms with Crippen molar-refractivity contribution in [1.82, 2.24) is 4.98 Å². The molecule has 1 aromatic heterocycles. The zero-order valence-electron chi connectivity index (χ0n) is 8.33. The van der Waals surface area contributed by atoms with Gasteiger partial charge in [0.15, 0.2) is 0 Å². The summed E-state index contributed by atoms with van der Waals surface area (Å²) in [6.45, 7) is 1.76. The molecule has 1 heterocycles. The van der Waals surface area contributed by atoms with E-state index in [2.05, 4.69) is 4.98 Å². The number of aromatic nitrogens is 1. The van der Waals surface area contributed by atoms with Crippen LogP contribution in [-0.2, 0) is 6.42 Å². The van der Waals surface area contributed by atoms with Crippen LogP contribution in [0.5, 0.6) is 5.88 Å². The first kappa shape index (κ1) is 11.3. The van der Waals surface area contributed by atoms with Crippen LogP contribution >= 0.6 is 11.6 Å². The maximum atomic E-state index is 9.14. The maximum Gasteiger partial charge on any atom is 0.217 e. The van der Waals surface area contributed by atoms with Crippen molar-refractivity contribution in [2.45, 2.75) is 25.9 Å². The molecule has 0 amide bonds. The lowest BCUT2D eigenvalue weighted by molar-refractivity contribution is 0.184. The number of aryl methyl sites for hydroxylation is 1. The van der Waals surface area contributed by atoms with Crippen LogP contribution in [0, 0.1) is 0 Å². The van der Waals surface area contributed by atoms with Gasteiger partial charge >= 0.3 is 0 Å². The van der Waals surface area contributed by atoms with Crippen LogP contribution in [0.25, 0.3) is 0 Å². The number of ether oxygens (including phenoxy) is 1. The summed E-state index contributed by atoms with van der Waals surface area (Å²) < 4.78 is 5.08. The molecule has 0 aliphatic heterocycles. The van der Waals surface area contributed by atoms with Crippen molar-refractivity contribution in [2.24, 2.45) is 0 Å². The summed E-state index contributed by atoms with van der Waals surface area (Å²) in [7, 11) is 1.56. The first-order valence-corrected chi connectivity index (χ1v) is 4.88. The molecule has 3 nitrogen and oxygen atoms in total. The van der Waals surface area contributed by atoms with Gasteiger partial charge in [-0.1, -0.05) is 17.7 Å².